The first-order chi connectivity index (χ1) is 13.2. The molecule has 3 aromatic rings. The number of hydrogen-bond donors (Lipinski definition) is 0. The number of unbranched alkanes of at least 4 members (excludes halogenated alkanes) is 1. The molecule has 27 heavy (non-hydrogen) atoms. The maximum atomic E-state index is 5.85. The molecule has 0 bridgehead atoms. The molecule has 0 aliphatic rings. The molecule has 0 aliphatic carbocycles. The van der Waals surface area contributed by atoms with Crippen molar-refractivity contribution in [3.63, 3.8) is 0 Å². The summed E-state index contributed by atoms with van der Waals surface area (Å²) in [7, 11) is 0. The molecule has 3 rings (SSSR count). The van der Waals surface area contributed by atoms with Crippen molar-refractivity contribution < 1.29 is 0 Å². The zero-order valence-electron chi connectivity index (χ0n) is 15.3. The van der Waals surface area contributed by atoms with Crippen molar-refractivity contribution in [2.45, 2.75) is 12.8 Å². The second-order valence-electron chi connectivity index (χ2n) is 6.67. The van der Waals surface area contributed by atoms with Gasteiger partial charge in [-0.1, -0.05) is 0 Å². The van der Waals surface area contributed by atoms with Gasteiger partial charge in [0.05, 0.1) is 0 Å². The molecule has 0 aromatic heterocycles. The van der Waals surface area contributed by atoms with E-state index in [2.05, 4.69) is 119 Å². The van der Waals surface area contributed by atoms with Gasteiger partial charge in [-0.3, -0.25) is 0 Å². The van der Waals surface area contributed by atoms with Crippen LogP contribution in [0.3, 0.4) is 0 Å². The average Bonchev–Trinajstić information content (AvgIpc) is 2.75. The van der Waals surface area contributed by atoms with Crippen molar-refractivity contribution >= 4 is 48.3 Å². The monoisotopic (exact) mass is 458 g/mol. The summed E-state index contributed by atoms with van der Waals surface area (Å²) in [6.07, 6.45) is 7.58. The first-order valence-corrected chi connectivity index (χ1v) is 14.3. The van der Waals surface area contributed by atoms with Gasteiger partial charge in [-0.15, -0.1) is 0 Å². The van der Waals surface area contributed by atoms with Gasteiger partial charge in [0, 0.05) is 0 Å². The normalized spacial score (nSPS) is 13.3. The number of alkyl halides is 1. The molecular formula is C24H25BrClP. The molecule has 0 spiro atoms. The summed E-state index contributed by atoms with van der Waals surface area (Å²) in [5.74, 6) is 0.707. The molecule has 0 saturated carbocycles. The van der Waals surface area contributed by atoms with E-state index in [0.29, 0.717) is 5.88 Å². The SMILES string of the molecule is ClCCCC=CCP(Br)(c1ccccc1)(c1ccccc1)c1ccccc1. The maximum absolute atomic E-state index is 5.85. The second kappa shape index (κ2) is 9.20. The summed E-state index contributed by atoms with van der Waals surface area (Å²) in [5, 5.41) is 1.25. The Kier molecular flexibility index (Phi) is 6.93. The molecule has 0 fully saturated rings. The zero-order valence-corrected chi connectivity index (χ0v) is 18.6. The Labute approximate surface area is 175 Å². The molecule has 0 aliphatic heterocycles. The summed E-state index contributed by atoms with van der Waals surface area (Å²) in [4.78, 5) is 0. The molecule has 3 aromatic carbocycles. The van der Waals surface area contributed by atoms with Gasteiger partial charge in [0.2, 0.25) is 0 Å². The first-order valence-electron chi connectivity index (χ1n) is 9.31. The third kappa shape index (κ3) is 4.06. The molecule has 0 radical (unpaired) electrons. The van der Waals surface area contributed by atoms with Gasteiger partial charge >= 0.3 is 176 Å². The van der Waals surface area contributed by atoms with Crippen molar-refractivity contribution in [3.05, 3.63) is 103 Å². The first kappa shape index (κ1) is 20.3. The van der Waals surface area contributed by atoms with Crippen LogP contribution < -0.4 is 15.9 Å². The van der Waals surface area contributed by atoms with E-state index >= 15 is 0 Å². The molecule has 3 heteroatoms. The Bertz CT molecular complexity index is 763. The average molecular weight is 460 g/mol. The molecule has 0 atom stereocenters. The van der Waals surface area contributed by atoms with Crippen LogP contribution in [0.4, 0.5) is 0 Å². The van der Waals surface area contributed by atoms with Crippen molar-refractivity contribution in [1.82, 2.24) is 0 Å². The fourth-order valence-corrected chi connectivity index (χ4v) is 10.8. The van der Waals surface area contributed by atoms with E-state index in [1.807, 2.05) is 0 Å². The van der Waals surface area contributed by atoms with Crippen LogP contribution in [-0.4, -0.2) is 12.0 Å². The zero-order chi connectivity index (χ0) is 19.0. The fraction of sp³-hybridized carbons (Fsp3) is 0.167. The van der Waals surface area contributed by atoms with E-state index in [-0.39, 0.29) is 0 Å². The minimum atomic E-state index is -2.80. The van der Waals surface area contributed by atoms with Gasteiger partial charge in [0.25, 0.3) is 0 Å². The second-order valence-corrected chi connectivity index (χ2v) is 16.0. The summed E-state index contributed by atoms with van der Waals surface area (Å²) < 4.78 is 0. The van der Waals surface area contributed by atoms with Crippen LogP contribution in [-0.2, 0) is 0 Å². The molecule has 0 amide bonds. The predicted octanol–water partition coefficient (Wildman–Crippen LogP) is 6.40. The van der Waals surface area contributed by atoms with E-state index in [1.165, 1.54) is 15.9 Å². The quantitative estimate of drug-likeness (QED) is 0.158. The van der Waals surface area contributed by atoms with E-state index in [4.69, 9.17) is 11.6 Å². The number of halogens is 2. The Morgan fingerprint density at radius 1 is 0.667 bits per heavy atom. The number of allylic oxidation sites excluding steroid dienone is 2. The van der Waals surface area contributed by atoms with Gasteiger partial charge in [-0.05, 0) is 0 Å². The van der Waals surface area contributed by atoms with Crippen LogP contribution in [0.1, 0.15) is 12.8 Å². The molecule has 0 N–H and O–H groups in total. The van der Waals surface area contributed by atoms with Gasteiger partial charge in [0.1, 0.15) is 0 Å². The van der Waals surface area contributed by atoms with E-state index in [9.17, 15) is 0 Å². The summed E-state index contributed by atoms with van der Waals surface area (Å²) in [6.45, 7) is 0. The minimum absolute atomic E-state index is 0.707. The summed E-state index contributed by atoms with van der Waals surface area (Å²) in [6, 6.07) is 32.7. The van der Waals surface area contributed by atoms with Gasteiger partial charge < -0.3 is 0 Å². The van der Waals surface area contributed by atoms with Crippen LogP contribution >= 0.6 is 32.4 Å². The van der Waals surface area contributed by atoms with Gasteiger partial charge in [-0.2, -0.15) is 0 Å². The number of hydrogen-bond acceptors (Lipinski definition) is 0. The van der Waals surface area contributed by atoms with Crippen molar-refractivity contribution in [2.24, 2.45) is 0 Å². The fourth-order valence-electron chi connectivity index (χ4n) is 3.57. The molecule has 0 heterocycles. The molecule has 0 nitrogen and oxygen atoms in total. The Morgan fingerprint density at radius 3 is 1.44 bits per heavy atom. The molecule has 140 valence electrons. The Morgan fingerprint density at radius 2 is 1.07 bits per heavy atom. The van der Waals surface area contributed by atoms with Crippen molar-refractivity contribution in [2.75, 3.05) is 12.0 Å². The topological polar surface area (TPSA) is 0 Å². The van der Waals surface area contributed by atoms with E-state index in [1.54, 1.807) is 0 Å². The van der Waals surface area contributed by atoms with Gasteiger partial charge in [-0.25, -0.2) is 0 Å². The third-order valence-electron chi connectivity index (χ3n) is 5.00. The molecular weight excluding hydrogens is 435 g/mol. The van der Waals surface area contributed by atoms with E-state index < -0.39 is 5.31 Å². The predicted molar refractivity (Wildman–Crippen MR) is 128 cm³/mol. The summed E-state index contributed by atoms with van der Waals surface area (Å²) >= 11 is 10.3. The number of benzene rings is 3. The van der Waals surface area contributed by atoms with E-state index in [0.717, 1.165) is 19.0 Å². The Balaban J connectivity index is 2.24. The van der Waals surface area contributed by atoms with Crippen LogP contribution in [0, 0.1) is 0 Å². The van der Waals surface area contributed by atoms with Crippen LogP contribution in [0.25, 0.3) is 0 Å². The van der Waals surface area contributed by atoms with Crippen molar-refractivity contribution in [3.8, 4) is 0 Å². The standard InChI is InChI=1S/C24H25BrClP/c25-27(21-13-2-1-12-20-26,22-14-6-3-7-15-22,23-16-8-4-9-17-23)24-18-10-5-11-19-24/h2-11,13-19H,1,12,20-21H2. The third-order valence-corrected chi connectivity index (χ3v) is 14.8. The van der Waals surface area contributed by atoms with Gasteiger partial charge in [0.15, 0.2) is 0 Å². The molecule has 0 saturated heterocycles. The van der Waals surface area contributed by atoms with Crippen LogP contribution in [0.15, 0.2) is 103 Å². The summed E-state index contributed by atoms with van der Waals surface area (Å²) in [5.41, 5.74) is 0. The van der Waals surface area contributed by atoms with Crippen LogP contribution in [0.2, 0.25) is 0 Å². The molecule has 0 unspecified atom stereocenters. The van der Waals surface area contributed by atoms with Crippen LogP contribution in [0.5, 0.6) is 0 Å². The van der Waals surface area contributed by atoms with Crippen molar-refractivity contribution in [1.29, 1.82) is 0 Å². The number of rotatable bonds is 8. The Hall–Kier alpha value is -1.40.